The first-order valence-electron chi connectivity index (χ1n) is 5.94. The van der Waals surface area contributed by atoms with E-state index in [9.17, 15) is 14.9 Å². The van der Waals surface area contributed by atoms with Gasteiger partial charge in [0.25, 0.3) is 0 Å². The van der Waals surface area contributed by atoms with Gasteiger partial charge in [-0.1, -0.05) is 11.6 Å². The smallest absolute Gasteiger partial charge is 0.357 e. The maximum atomic E-state index is 12.0. The number of alkyl halides is 1. The number of fused-ring (bicyclic) bond motifs is 1. The Morgan fingerprint density at radius 1 is 1.57 bits per heavy atom. The average molecular weight is 333 g/mol. The first-order valence-corrected chi connectivity index (χ1v) is 6.86. The lowest BCUT2D eigenvalue weighted by atomic mass is 10.2. The van der Waals surface area contributed by atoms with Crippen LogP contribution in [0, 0.1) is 10.1 Å². The molecule has 0 saturated heterocycles. The van der Waals surface area contributed by atoms with Crippen LogP contribution >= 0.6 is 23.2 Å². The van der Waals surface area contributed by atoms with Crippen LogP contribution < -0.4 is 0 Å². The van der Waals surface area contributed by atoms with E-state index < -0.39 is 10.9 Å². The van der Waals surface area contributed by atoms with E-state index in [1.54, 1.807) is 6.92 Å². The van der Waals surface area contributed by atoms with Gasteiger partial charge in [-0.25, -0.2) is 9.78 Å². The van der Waals surface area contributed by atoms with Crippen LogP contribution in [-0.4, -0.2) is 38.0 Å². The summed E-state index contributed by atoms with van der Waals surface area (Å²) in [4.78, 5) is 26.2. The lowest BCUT2D eigenvalue weighted by Crippen LogP contribution is -2.14. The van der Waals surface area contributed by atoms with Crippen LogP contribution in [0.4, 0.5) is 5.69 Å². The van der Waals surface area contributed by atoms with Crippen molar-refractivity contribution in [2.45, 2.75) is 13.3 Å². The highest BCUT2D eigenvalue weighted by molar-refractivity contribution is 6.31. The predicted octanol–water partition coefficient (Wildman–Crippen LogP) is 2.25. The minimum atomic E-state index is -0.711. The molecule has 0 aliphatic heterocycles. The molecule has 0 saturated carbocycles. The largest absolute Gasteiger partial charge is 0.461 e. The minimum Gasteiger partial charge on any atom is -0.461 e. The molecule has 0 amide bonds. The molecule has 2 aromatic rings. The number of carbonyl (C=O) groups excluding carboxylic acids is 1. The zero-order valence-electron chi connectivity index (χ0n) is 10.9. The molecule has 0 spiro atoms. The van der Waals surface area contributed by atoms with Gasteiger partial charge in [0.05, 0.1) is 11.5 Å². The van der Waals surface area contributed by atoms with Crippen LogP contribution in [0.15, 0.2) is 6.20 Å². The Kier molecular flexibility index (Phi) is 4.59. The Hall–Kier alpha value is -1.93. The predicted molar refractivity (Wildman–Crippen MR) is 75.0 cm³/mol. The number of halogens is 2. The number of carbonyl (C=O) groups is 1. The van der Waals surface area contributed by atoms with Crippen molar-refractivity contribution >= 4 is 40.5 Å². The quantitative estimate of drug-likeness (QED) is 0.273. The van der Waals surface area contributed by atoms with Gasteiger partial charge >= 0.3 is 11.7 Å². The van der Waals surface area contributed by atoms with Crippen molar-refractivity contribution < 1.29 is 14.5 Å². The third-order valence-electron chi connectivity index (χ3n) is 2.67. The van der Waals surface area contributed by atoms with Gasteiger partial charge in [-0.15, -0.1) is 11.6 Å². The van der Waals surface area contributed by atoms with Crippen LogP contribution in [0.3, 0.4) is 0 Å². The van der Waals surface area contributed by atoms with Crippen molar-refractivity contribution in [1.29, 1.82) is 0 Å². The minimum absolute atomic E-state index is 0.0526. The number of nitrogens with zero attached hydrogens (tertiary/aromatic N) is 4. The molecule has 0 N–H and O–H groups in total. The van der Waals surface area contributed by atoms with Crippen molar-refractivity contribution in [3.05, 3.63) is 32.7 Å². The van der Waals surface area contributed by atoms with E-state index in [4.69, 9.17) is 27.9 Å². The maximum absolute atomic E-state index is 12.0. The number of rotatable bonds is 5. The van der Waals surface area contributed by atoms with Crippen molar-refractivity contribution in [1.82, 2.24) is 14.6 Å². The molecule has 0 bridgehead atoms. The van der Waals surface area contributed by atoms with Crippen molar-refractivity contribution in [3.63, 3.8) is 0 Å². The van der Waals surface area contributed by atoms with E-state index in [0.29, 0.717) is 5.56 Å². The Balaban J connectivity index is 2.73. The first-order chi connectivity index (χ1) is 10.0. The molecule has 2 rings (SSSR count). The number of hydrogen-bond donors (Lipinski definition) is 0. The highest BCUT2D eigenvalue weighted by Crippen LogP contribution is 2.26. The molecule has 0 aliphatic carbocycles. The van der Waals surface area contributed by atoms with Crippen LogP contribution in [-0.2, 0) is 11.2 Å². The third kappa shape index (κ3) is 2.77. The fourth-order valence-electron chi connectivity index (χ4n) is 1.79. The van der Waals surface area contributed by atoms with Gasteiger partial charge in [0.1, 0.15) is 11.3 Å². The molecule has 2 heterocycles. The summed E-state index contributed by atoms with van der Waals surface area (Å²) in [6.45, 7) is 1.78. The fraction of sp³-hybridized carbons (Fsp3) is 0.364. The number of esters is 1. The van der Waals surface area contributed by atoms with Gasteiger partial charge in [0.15, 0.2) is 5.69 Å². The molecule has 10 heteroatoms. The summed E-state index contributed by atoms with van der Waals surface area (Å²) in [5.41, 5.74) is -0.208. The number of hydrogen-bond acceptors (Lipinski definition) is 6. The van der Waals surface area contributed by atoms with E-state index in [1.807, 2.05) is 0 Å². The van der Waals surface area contributed by atoms with Crippen LogP contribution in [0.2, 0.25) is 5.15 Å². The zero-order valence-corrected chi connectivity index (χ0v) is 12.4. The molecule has 21 heavy (non-hydrogen) atoms. The Labute approximate surface area is 128 Å². The molecule has 0 radical (unpaired) electrons. The summed E-state index contributed by atoms with van der Waals surface area (Å²) in [5.74, 6) is -0.514. The highest BCUT2D eigenvalue weighted by Gasteiger charge is 2.25. The second kappa shape index (κ2) is 6.23. The van der Waals surface area contributed by atoms with E-state index in [2.05, 4.69) is 10.1 Å². The van der Waals surface area contributed by atoms with Crippen LogP contribution in [0.5, 0.6) is 0 Å². The van der Waals surface area contributed by atoms with Crippen molar-refractivity contribution in [2.75, 3.05) is 12.5 Å². The van der Waals surface area contributed by atoms with Gasteiger partial charge < -0.3 is 4.74 Å². The molecule has 112 valence electrons. The molecule has 0 atom stereocenters. The lowest BCUT2D eigenvalue weighted by Gasteiger charge is -2.09. The highest BCUT2D eigenvalue weighted by atomic mass is 35.5. The average Bonchev–Trinajstić information content (AvgIpc) is 2.86. The van der Waals surface area contributed by atoms with E-state index >= 15 is 0 Å². The standard InChI is InChI=1S/C11H10Cl2N4O4/c1-2-21-11(18)8-6(3-4-12)9(13)16-10(15-8)7(5-14-16)17(19)20/h5H,2-4H2,1H3. The second-order valence-electron chi connectivity index (χ2n) is 3.91. The molecule has 0 fully saturated rings. The molecule has 0 unspecified atom stereocenters. The molecular formula is C11H10Cl2N4O4. The lowest BCUT2D eigenvalue weighted by molar-refractivity contribution is -0.383. The van der Waals surface area contributed by atoms with Crippen molar-refractivity contribution in [2.24, 2.45) is 0 Å². The van der Waals surface area contributed by atoms with Gasteiger partial charge in [0.2, 0.25) is 5.65 Å². The van der Waals surface area contributed by atoms with Gasteiger partial charge in [-0.05, 0) is 13.3 Å². The Morgan fingerprint density at radius 2 is 2.29 bits per heavy atom. The molecule has 0 aliphatic rings. The normalized spacial score (nSPS) is 10.8. The SMILES string of the molecule is CCOC(=O)c1nc2c([N+](=O)[O-])cnn2c(Cl)c1CCCl. The van der Waals surface area contributed by atoms with Crippen LogP contribution in [0.25, 0.3) is 5.65 Å². The monoisotopic (exact) mass is 332 g/mol. The molecular weight excluding hydrogens is 323 g/mol. The summed E-state index contributed by atoms with van der Waals surface area (Å²) >= 11 is 11.9. The molecule has 8 nitrogen and oxygen atoms in total. The maximum Gasteiger partial charge on any atom is 0.357 e. The Bertz CT molecular complexity index is 716. The van der Waals surface area contributed by atoms with Crippen molar-refractivity contribution in [3.8, 4) is 0 Å². The van der Waals surface area contributed by atoms with Crippen LogP contribution in [0.1, 0.15) is 23.0 Å². The summed E-state index contributed by atoms with van der Waals surface area (Å²) in [6.07, 6.45) is 1.28. The van der Waals surface area contributed by atoms with E-state index in [0.717, 1.165) is 10.7 Å². The molecule has 0 aromatic carbocycles. The van der Waals surface area contributed by atoms with E-state index in [1.165, 1.54) is 0 Å². The molecule has 2 aromatic heterocycles. The fourth-order valence-corrected chi connectivity index (χ4v) is 2.29. The number of nitro groups is 1. The van der Waals surface area contributed by atoms with Gasteiger partial charge in [0, 0.05) is 11.4 Å². The Morgan fingerprint density at radius 3 is 2.86 bits per heavy atom. The third-order valence-corrected chi connectivity index (χ3v) is 3.25. The topological polar surface area (TPSA) is 99.6 Å². The van der Waals surface area contributed by atoms with Gasteiger partial charge in [-0.2, -0.15) is 9.61 Å². The summed E-state index contributed by atoms with van der Waals surface area (Å²) < 4.78 is 5.99. The first kappa shape index (κ1) is 15.5. The summed E-state index contributed by atoms with van der Waals surface area (Å²) in [7, 11) is 0. The summed E-state index contributed by atoms with van der Waals surface area (Å²) in [6, 6.07) is 0. The zero-order chi connectivity index (χ0) is 15.6. The number of ether oxygens (including phenoxy) is 1. The van der Waals surface area contributed by atoms with E-state index in [-0.39, 0.29) is 41.1 Å². The second-order valence-corrected chi connectivity index (χ2v) is 4.65. The summed E-state index contributed by atoms with van der Waals surface area (Å²) in [5, 5.41) is 14.8. The number of aromatic nitrogens is 3. The van der Waals surface area contributed by atoms with Gasteiger partial charge in [-0.3, -0.25) is 10.1 Å².